The second-order valence-electron chi connectivity index (χ2n) is 5.17. The van der Waals surface area contributed by atoms with E-state index in [2.05, 4.69) is 10.3 Å². The van der Waals surface area contributed by atoms with Crippen molar-refractivity contribution in [3.05, 3.63) is 24.3 Å². The first kappa shape index (κ1) is 15.2. The molecule has 6 heteroatoms. The molecule has 1 heterocycles. The van der Waals surface area contributed by atoms with Crippen molar-refractivity contribution >= 4 is 6.09 Å². The molecule has 0 fully saturated rings. The van der Waals surface area contributed by atoms with Crippen molar-refractivity contribution in [1.82, 2.24) is 10.3 Å². The van der Waals surface area contributed by atoms with E-state index < -0.39 is 17.6 Å². The van der Waals surface area contributed by atoms with Crippen LogP contribution in [0.15, 0.2) is 18.3 Å². The first-order valence-corrected chi connectivity index (χ1v) is 6.00. The molecule has 1 aromatic rings. The van der Waals surface area contributed by atoms with Crippen LogP contribution in [0, 0.1) is 5.95 Å². The van der Waals surface area contributed by atoms with Crippen LogP contribution in [0.4, 0.5) is 9.18 Å². The van der Waals surface area contributed by atoms with Gasteiger partial charge in [-0.05, 0) is 39.8 Å². The van der Waals surface area contributed by atoms with Gasteiger partial charge in [0.05, 0.1) is 12.2 Å². The third-order valence-electron chi connectivity index (χ3n) is 1.96. The summed E-state index contributed by atoms with van der Waals surface area (Å²) in [7, 11) is 0. The van der Waals surface area contributed by atoms with Gasteiger partial charge >= 0.3 is 6.09 Å². The van der Waals surface area contributed by atoms with Crippen LogP contribution in [-0.4, -0.2) is 29.3 Å². The molecule has 0 bridgehead atoms. The largest absolute Gasteiger partial charge is 0.490 e. The highest BCUT2D eigenvalue weighted by Crippen LogP contribution is 2.09. The Kier molecular flexibility index (Phi) is 5.09. The number of alkyl carbamates (subject to hydrolysis) is 1. The Balaban J connectivity index is 2.33. The van der Waals surface area contributed by atoms with E-state index in [1.54, 1.807) is 27.7 Å². The standard InChI is InChI=1S/C13H19FN2O3/c1-9(16-12(17)19-13(2,3)4)8-18-10-5-6-11(14)15-7-10/h5-7,9H,8H2,1-4H3,(H,16,17)/t9-/m1/s1. The van der Waals surface area contributed by atoms with Crippen molar-refractivity contribution in [1.29, 1.82) is 0 Å². The number of nitrogens with zero attached hydrogens (tertiary/aromatic N) is 1. The van der Waals surface area contributed by atoms with Gasteiger partial charge in [0, 0.05) is 0 Å². The summed E-state index contributed by atoms with van der Waals surface area (Å²) in [5.74, 6) is -0.119. The highest BCUT2D eigenvalue weighted by molar-refractivity contribution is 5.68. The molecule has 0 spiro atoms. The zero-order valence-electron chi connectivity index (χ0n) is 11.6. The Morgan fingerprint density at radius 2 is 2.16 bits per heavy atom. The van der Waals surface area contributed by atoms with Crippen molar-refractivity contribution in [2.75, 3.05) is 6.61 Å². The van der Waals surface area contributed by atoms with Gasteiger partial charge in [-0.2, -0.15) is 4.39 Å². The lowest BCUT2D eigenvalue weighted by Crippen LogP contribution is -2.40. The normalized spacial score (nSPS) is 12.7. The molecule has 0 aromatic carbocycles. The molecule has 1 amide bonds. The quantitative estimate of drug-likeness (QED) is 0.854. The number of hydrogen-bond donors (Lipinski definition) is 1. The van der Waals surface area contributed by atoms with Gasteiger partial charge in [0.25, 0.3) is 0 Å². The molecule has 1 atom stereocenters. The maximum Gasteiger partial charge on any atom is 0.407 e. The fourth-order valence-corrected chi connectivity index (χ4v) is 1.22. The number of nitrogens with one attached hydrogen (secondary N) is 1. The Bertz CT molecular complexity index is 415. The number of hydrogen-bond acceptors (Lipinski definition) is 4. The van der Waals surface area contributed by atoms with Crippen molar-refractivity contribution in [2.45, 2.75) is 39.3 Å². The molecule has 1 rings (SSSR count). The highest BCUT2D eigenvalue weighted by atomic mass is 19.1. The Labute approximate surface area is 112 Å². The van der Waals surface area contributed by atoms with Gasteiger partial charge < -0.3 is 14.8 Å². The SMILES string of the molecule is C[C@H](COc1ccc(F)nc1)NC(=O)OC(C)(C)C. The minimum atomic E-state index is -0.563. The maximum atomic E-state index is 12.6. The Morgan fingerprint density at radius 3 is 2.68 bits per heavy atom. The summed E-state index contributed by atoms with van der Waals surface area (Å²) in [5, 5.41) is 2.64. The molecular weight excluding hydrogens is 251 g/mol. The van der Waals surface area contributed by atoms with Crippen LogP contribution >= 0.6 is 0 Å². The Morgan fingerprint density at radius 1 is 1.47 bits per heavy atom. The van der Waals surface area contributed by atoms with Crippen molar-refractivity contribution in [2.24, 2.45) is 0 Å². The highest BCUT2D eigenvalue weighted by Gasteiger charge is 2.17. The lowest BCUT2D eigenvalue weighted by atomic mass is 10.2. The molecule has 0 aliphatic carbocycles. The van der Waals surface area contributed by atoms with E-state index in [9.17, 15) is 9.18 Å². The average Bonchev–Trinajstić information content (AvgIpc) is 2.25. The van der Waals surface area contributed by atoms with E-state index >= 15 is 0 Å². The number of carbonyl (C=O) groups excluding carboxylic acids is 1. The second-order valence-corrected chi connectivity index (χ2v) is 5.17. The number of pyridine rings is 1. The number of ether oxygens (including phenoxy) is 2. The zero-order valence-corrected chi connectivity index (χ0v) is 11.6. The molecule has 5 nitrogen and oxygen atoms in total. The lowest BCUT2D eigenvalue weighted by Gasteiger charge is -2.22. The summed E-state index contributed by atoms with van der Waals surface area (Å²) in [4.78, 5) is 14.9. The van der Waals surface area contributed by atoms with E-state index in [0.29, 0.717) is 5.75 Å². The van der Waals surface area contributed by atoms with Gasteiger partial charge in [0.1, 0.15) is 18.0 Å². The van der Waals surface area contributed by atoms with E-state index in [0.717, 1.165) is 0 Å². The van der Waals surface area contributed by atoms with Gasteiger partial charge in [0.15, 0.2) is 0 Å². The predicted octanol–water partition coefficient (Wildman–Crippen LogP) is 2.51. The lowest BCUT2D eigenvalue weighted by molar-refractivity contribution is 0.0494. The van der Waals surface area contributed by atoms with Gasteiger partial charge in [-0.3, -0.25) is 0 Å². The van der Waals surface area contributed by atoms with Gasteiger partial charge in [-0.15, -0.1) is 0 Å². The summed E-state index contributed by atoms with van der Waals surface area (Å²) in [6.07, 6.45) is 0.788. The average molecular weight is 270 g/mol. The fraction of sp³-hybridized carbons (Fsp3) is 0.538. The van der Waals surface area contributed by atoms with E-state index in [1.807, 2.05) is 0 Å². The van der Waals surface area contributed by atoms with E-state index in [1.165, 1.54) is 18.3 Å². The maximum absolute atomic E-state index is 12.6. The molecule has 0 aliphatic rings. The Hall–Kier alpha value is -1.85. The number of amides is 1. The zero-order chi connectivity index (χ0) is 14.5. The topological polar surface area (TPSA) is 60.5 Å². The minimum absolute atomic E-state index is 0.236. The van der Waals surface area contributed by atoms with Crippen molar-refractivity contribution < 1.29 is 18.7 Å². The number of aromatic nitrogens is 1. The molecule has 19 heavy (non-hydrogen) atoms. The number of carbonyl (C=O) groups is 1. The molecule has 0 radical (unpaired) electrons. The van der Waals surface area contributed by atoms with Crippen LogP contribution in [-0.2, 0) is 4.74 Å². The molecule has 0 saturated heterocycles. The van der Waals surface area contributed by atoms with Gasteiger partial charge in [-0.25, -0.2) is 9.78 Å². The first-order valence-electron chi connectivity index (χ1n) is 6.00. The summed E-state index contributed by atoms with van der Waals surface area (Å²) < 4.78 is 23.0. The van der Waals surface area contributed by atoms with Crippen LogP contribution in [0.25, 0.3) is 0 Å². The summed E-state index contributed by atoms with van der Waals surface area (Å²) in [6.45, 7) is 7.39. The number of rotatable bonds is 4. The summed E-state index contributed by atoms with van der Waals surface area (Å²) in [5.41, 5.74) is -0.536. The van der Waals surface area contributed by atoms with E-state index in [-0.39, 0.29) is 12.6 Å². The minimum Gasteiger partial charge on any atom is -0.490 e. The molecular formula is C13H19FN2O3. The molecule has 0 aliphatic heterocycles. The number of halogens is 1. The molecule has 1 aromatic heterocycles. The van der Waals surface area contributed by atoms with Crippen LogP contribution in [0.5, 0.6) is 5.75 Å². The third-order valence-corrected chi connectivity index (χ3v) is 1.96. The summed E-state index contributed by atoms with van der Waals surface area (Å²) >= 11 is 0. The van der Waals surface area contributed by atoms with Crippen molar-refractivity contribution in [3.8, 4) is 5.75 Å². The van der Waals surface area contributed by atoms with Crippen LogP contribution in [0.3, 0.4) is 0 Å². The van der Waals surface area contributed by atoms with Crippen LogP contribution in [0.1, 0.15) is 27.7 Å². The van der Waals surface area contributed by atoms with Gasteiger partial charge in [-0.1, -0.05) is 0 Å². The third kappa shape index (κ3) is 6.59. The molecule has 1 N–H and O–H groups in total. The second kappa shape index (κ2) is 6.36. The van der Waals surface area contributed by atoms with Crippen molar-refractivity contribution in [3.63, 3.8) is 0 Å². The smallest absolute Gasteiger partial charge is 0.407 e. The van der Waals surface area contributed by atoms with Crippen LogP contribution in [0.2, 0.25) is 0 Å². The molecule has 0 saturated carbocycles. The van der Waals surface area contributed by atoms with Crippen LogP contribution < -0.4 is 10.1 Å². The summed E-state index contributed by atoms with van der Waals surface area (Å²) in [6, 6.07) is 2.45. The monoisotopic (exact) mass is 270 g/mol. The first-order chi connectivity index (χ1) is 8.76. The fourth-order valence-electron chi connectivity index (χ4n) is 1.22. The van der Waals surface area contributed by atoms with E-state index in [4.69, 9.17) is 9.47 Å². The predicted molar refractivity (Wildman–Crippen MR) is 68.5 cm³/mol. The molecule has 106 valence electrons. The van der Waals surface area contributed by atoms with Gasteiger partial charge in [0.2, 0.25) is 5.95 Å². The molecule has 0 unspecified atom stereocenters.